The summed E-state index contributed by atoms with van der Waals surface area (Å²) in [5.74, 6) is 0.749. The highest BCUT2D eigenvalue weighted by Gasteiger charge is 2.05. The molecule has 2 aromatic rings. The molecule has 1 heterocycles. The Balaban J connectivity index is 1.86. The SMILES string of the molecule is NC(=S)c1ccc(NC(=O)CCc2ccco2)cc1. The van der Waals surface area contributed by atoms with Gasteiger partial charge >= 0.3 is 0 Å². The quantitative estimate of drug-likeness (QED) is 0.822. The molecule has 1 aromatic carbocycles. The van der Waals surface area contributed by atoms with Gasteiger partial charge in [-0.1, -0.05) is 12.2 Å². The maximum atomic E-state index is 11.7. The van der Waals surface area contributed by atoms with Crippen LogP contribution in [-0.4, -0.2) is 10.9 Å². The van der Waals surface area contributed by atoms with Gasteiger partial charge in [-0.25, -0.2) is 0 Å². The van der Waals surface area contributed by atoms with Crippen molar-refractivity contribution < 1.29 is 9.21 Å². The maximum Gasteiger partial charge on any atom is 0.224 e. The smallest absolute Gasteiger partial charge is 0.224 e. The second kappa shape index (κ2) is 6.15. The molecule has 0 atom stereocenters. The van der Waals surface area contributed by atoms with Crippen molar-refractivity contribution >= 4 is 28.8 Å². The topological polar surface area (TPSA) is 68.3 Å². The van der Waals surface area contributed by atoms with Crippen molar-refractivity contribution in [2.75, 3.05) is 5.32 Å². The van der Waals surface area contributed by atoms with Gasteiger partial charge in [-0.15, -0.1) is 0 Å². The first-order valence-corrected chi connectivity index (χ1v) is 6.28. The number of hydrogen-bond donors (Lipinski definition) is 2. The molecule has 0 saturated heterocycles. The first kappa shape index (κ1) is 13.3. The van der Waals surface area contributed by atoms with Crippen molar-refractivity contribution in [2.24, 2.45) is 5.73 Å². The van der Waals surface area contributed by atoms with E-state index in [0.717, 1.165) is 17.0 Å². The molecular formula is C14H14N2O2S. The van der Waals surface area contributed by atoms with Gasteiger partial charge in [0.2, 0.25) is 5.91 Å². The van der Waals surface area contributed by atoms with Crippen LogP contribution in [0.4, 0.5) is 5.69 Å². The third-order valence-corrected chi connectivity index (χ3v) is 2.87. The van der Waals surface area contributed by atoms with E-state index < -0.39 is 0 Å². The van der Waals surface area contributed by atoms with Gasteiger partial charge in [0, 0.05) is 24.1 Å². The van der Waals surface area contributed by atoms with Gasteiger partial charge in [0.15, 0.2) is 0 Å². The number of carbonyl (C=O) groups excluding carboxylic acids is 1. The normalized spacial score (nSPS) is 10.1. The molecule has 0 saturated carbocycles. The predicted molar refractivity (Wildman–Crippen MR) is 78.0 cm³/mol. The van der Waals surface area contributed by atoms with Crippen LogP contribution in [0.25, 0.3) is 0 Å². The third-order valence-electron chi connectivity index (χ3n) is 2.63. The Morgan fingerprint density at radius 1 is 1.26 bits per heavy atom. The Morgan fingerprint density at radius 3 is 2.58 bits per heavy atom. The molecule has 0 radical (unpaired) electrons. The van der Waals surface area contributed by atoms with E-state index in [2.05, 4.69) is 5.32 Å². The van der Waals surface area contributed by atoms with Crippen LogP contribution in [0.15, 0.2) is 47.1 Å². The van der Waals surface area contributed by atoms with E-state index in [9.17, 15) is 4.79 Å². The van der Waals surface area contributed by atoms with Gasteiger partial charge in [0.25, 0.3) is 0 Å². The number of furan rings is 1. The molecule has 1 aromatic heterocycles. The van der Waals surface area contributed by atoms with Crippen LogP contribution in [0.5, 0.6) is 0 Å². The zero-order valence-corrected chi connectivity index (χ0v) is 11.1. The van der Waals surface area contributed by atoms with Gasteiger partial charge in [-0.05, 0) is 36.4 Å². The monoisotopic (exact) mass is 274 g/mol. The highest BCUT2D eigenvalue weighted by Crippen LogP contribution is 2.11. The fourth-order valence-corrected chi connectivity index (χ4v) is 1.77. The van der Waals surface area contributed by atoms with Crippen LogP contribution in [0, 0.1) is 0 Å². The summed E-state index contributed by atoms with van der Waals surface area (Å²) >= 11 is 4.86. The highest BCUT2D eigenvalue weighted by atomic mass is 32.1. The number of anilines is 1. The Labute approximate surface area is 116 Å². The van der Waals surface area contributed by atoms with Gasteiger partial charge in [-0.3, -0.25) is 4.79 Å². The Kier molecular flexibility index (Phi) is 4.30. The average Bonchev–Trinajstić information content (AvgIpc) is 2.90. The molecule has 0 unspecified atom stereocenters. The van der Waals surface area contributed by atoms with Crippen molar-refractivity contribution in [3.63, 3.8) is 0 Å². The van der Waals surface area contributed by atoms with E-state index >= 15 is 0 Å². The van der Waals surface area contributed by atoms with Gasteiger partial charge in [-0.2, -0.15) is 0 Å². The minimum atomic E-state index is -0.0560. The van der Waals surface area contributed by atoms with E-state index in [-0.39, 0.29) is 5.91 Å². The summed E-state index contributed by atoms with van der Waals surface area (Å²) in [4.78, 5) is 12.1. The van der Waals surface area contributed by atoms with Crippen LogP contribution < -0.4 is 11.1 Å². The molecule has 0 aliphatic rings. The van der Waals surface area contributed by atoms with Gasteiger partial charge in [0.05, 0.1) is 6.26 Å². The summed E-state index contributed by atoms with van der Waals surface area (Å²) in [5, 5.41) is 2.81. The number of carbonyl (C=O) groups is 1. The Bertz CT molecular complexity index is 562. The number of aryl methyl sites for hydroxylation is 1. The molecule has 2 rings (SSSR count). The molecule has 0 bridgehead atoms. The Morgan fingerprint density at radius 2 is 2.00 bits per heavy atom. The van der Waals surface area contributed by atoms with E-state index in [0.29, 0.717) is 17.8 Å². The van der Waals surface area contributed by atoms with E-state index in [1.54, 1.807) is 30.5 Å². The molecule has 0 fully saturated rings. The first-order chi connectivity index (χ1) is 9.15. The lowest BCUT2D eigenvalue weighted by Crippen LogP contribution is -2.13. The van der Waals surface area contributed by atoms with E-state index in [4.69, 9.17) is 22.4 Å². The fourth-order valence-electron chi connectivity index (χ4n) is 1.63. The van der Waals surface area contributed by atoms with Crippen molar-refractivity contribution in [1.29, 1.82) is 0 Å². The number of hydrogen-bond acceptors (Lipinski definition) is 3. The molecule has 98 valence electrons. The van der Waals surface area contributed by atoms with Gasteiger partial charge in [0.1, 0.15) is 10.7 Å². The van der Waals surface area contributed by atoms with E-state index in [1.165, 1.54) is 0 Å². The number of benzene rings is 1. The Hall–Kier alpha value is -2.14. The zero-order valence-electron chi connectivity index (χ0n) is 10.3. The number of amides is 1. The maximum absolute atomic E-state index is 11.7. The zero-order chi connectivity index (χ0) is 13.7. The number of rotatable bonds is 5. The number of nitrogens with two attached hydrogens (primary N) is 1. The number of nitrogens with one attached hydrogen (secondary N) is 1. The second-order valence-electron chi connectivity index (χ2n) is 4.07. The molecule has 0 aliphatic heterocycles. The van der Waals surface area contributed by atoms with E-state index in [1.807, 2.05) is 12.1 Å². The lowest BCUT2D eigenvalue weighted by atomic mass is 10.2. The molecule has 4 nitrogen and oxygen atoms in total. The molecule has 1 amide bonds. The minimum absolute atomic E-state index is 0.0560. The minimum Gasteiger partial charge on any atom is -0.469 e. The average molecular weight is 274 g/mol. The van der Waals surface area contributed by atoms with Crippen LogP contribution in [-0.2, 0) is 11.2 Å². The van der Waals surface area contributed by atoms with Crippen LogP contribution in [0.2, 0.25) is 0 Å². The predicted octanol–water partition coefficient (Wildman–Crippen LogP) is 2.49. The van der Waals surface area contributed by atoms with Crippen molar-refractivity contribution in [3.8, 4) is 0 Å². The molecule has 5 heteroatoms. The lowest BCUT2D eigenvalue weighted by Gasteiger charge is -2.05. The van der Waals surface area contributed by atoms with Crippen molar-refractivity contribution in [3.05, 3.63) is 54.0 Å². The molecule has 0 aliphatic carbocycles. The van der Waals surface area contributed by atoms with Gasteiger partial charge < -0.3 is 15.5 Å². The summed E-state index contributed by atoms with van der Waals surface area (Å²) in [6.45, 7) is 0. The van der Waals surface area contributed by atoms with Crippen molar-refractivity contribution in [1.82, 2.24) is 0 Å². The van der Waals surface area contributed by atoms with Crippen LogP contribution >= 0.6 is 12.2 Å². The summed E-state index contributed by atoms with van der Waals surface area (Å²) in [7, 11) is 0. The largest absolute Gasteiger partial charge is 0.469 e. The fraction of sp³-hybridized carbons (Fsp3) is 0.143. The summed E-state index contributed by atoms with van der Waals surface area (Å²) < 4.78 is 5.17. The number of thiocarbonyl (C=S) groups is 1. The highest BCUT2D eigenvalue weighted by molar-refractivity contribution is 7.80. The molecular weight excluding hydrogens is 260 g/mol. The van der Waals surface area contributed by atoms with Crippen molar-refractivity contribution in [2.45, 2.75) is 12.8 Å². The lowest BCUT2D eigenvalue weighted by molar-refractivity contribution is -0.116. The molecule has 19 heavy (non-hydrogen) atoms. The second-order valence-corrected chi connectivity index (χ2v) is 4.51. The molecule has 0 spiro atoms. The standard InChI is InChI=1S/C14H14N2O2S/c15-14(19)10-3-5-11(6-4-10)16-13(17)8-7-12-2-1-9-18-12/h1-6,9H,7-8H2,(H2,15,19)(H,16,17). The summed E-state index contributed by atoms with van der Waals surface area (Å²) in [6.07, 6.45) is 2.57. The summed E-state index contributed by atoms with van der Waals surface area (Å²) in [5.41, 5.74) is 7.01. The first-order valence-electron chi connectivity index (χ1n) is 5.87. The van der Waals surface area contributed by atoms with Crippen LogP contribution in [0.3, 0.4) is 0 Å². The third kappa shape index (κ3) is 3.93. The molecule has 3 N–H and O–H groups in total. The summed E-state index contributed by atoms with van der Waals surface area (Å²) in [6, 6.07) is 10.8. The van der Waals surface area contributed by atoms with Crippen LogP contribution in [0.1, 0.15) is 17.7 Å².